The van der Waals surface area contributed by atoms with Crippen LogP contribution in [0.5, 0.6) is 5.75 Å². The summed E-state index contributed by atoms with van der Waals surface area (Å²) < 4.78 is 7.11. The van der Waals surface area contributed by atoms with Crippen molar-refractivity contribution in [2.45, 2.75) is 57.6 Å². The Kier molecular flexibility index (Phi) is 5.23. The van der Waals surface area contributed by atoms with Crippen molar-refractivity contribution >= 4 is 0 Å². The van der Waals surface area contributed by atoms with Gasteiger partial charge in [0.25, 0.3) is 0 Å². The molecule has 0 unspecified atom stereocenters. The summed E-state index contributed by atoms with van der Waals surface area (Å²) in [4.78, 5) is 4.83. The minimum Gasteiger partial charge on any atom is -0.497 e. The molecule has 134 valence electrons. The molecule has 1 N–H and O–H groups in total. The van der Waals surface area contributed by atoms with Gasteiger partial charge in [0.15, 0.2) is 5.82 Å². The highest BCUT2D eigenvalue weighted by atomic mass is 16.5. The summed E-state index contributed by atoms with van der Waals surface area (Å²) in [5.74, 6) is 3.03. The van der Waals surface area contributed by atoms with Crippen molar-refractivity contribution in [3.63, 3.8) is 0 Å². The van der Waals surface area contributed by atoms with Crippen LogP contribution in [0.4, 0.5) is 0 Å². The Hall–Kier alpha value is -2.14. The average Bonchev–Trinajstić information content (AvgIpc) is 2.96. The lowest BCUT2D eigenvalue weighted by Crippen LogP contribution is -2.28. The van der Waals surface area contributed by atoms with Gasteiger partial charge in [0.05, 0.1) is 19.3 Å². The van der Waals surface area contributed by atoms with Crippen molar-refractivity contribution in [3.05, 3.63) is 53.6 Å². The first-order chi connectivity index (χ1) is 11.9. The molecule has 0 saturated carbocycles. The Labute approximate surface area is 149 Å². The molecule has 1 aliphatic carbocycles. The molecule has 0 radical (unpaired) electrons. The molecule has 5 nitrogen and oxygen atoms in total. The molecule has 2 aromatic rings. The zero-order chi connectivity index (χ0) is 17.9. The Morgan fingerprint density at radius 1 is 1.24 bits per heavy atom. The van der Waals surface area contributed by atoms with Gasteiger partial charge in [-0.3, -0.25) is 0 Å². The second-order valence-corrected chi connectivity index (χ2v) is 7.36. The number of rotatable bonds is 6. The quantitative estimate of drug-likeness (QED) is 0.817. The van der Waals surface area contributed by atoms with Crippen LogP contribution in [0, 0.1) is 0 Å². The van der Waals surface area contributed by atoms with E-state index >= 15 is 0 Å². The Morgan fingerprint density at radius 2 is 2.00 bits per heavy atom. The van der Waals surface area contributed by atoms with Gasteiger partial charge in [0.2, 0.25) is 0 Å². The van der Waals surface area contributed by atoms with Gasteiger partial charge in [-0.05, 0) is 50.8 Å². The third-order valence-corrected chi connectivity index (χ3v) is 4.44. The summed E-state index contributed by atoms with van der Waals surface area (Å²) in [6.45, 7) is 4.07. The van der Waals surface area contributed by atoms with Gasteiger partial charge >= 0.3 is 0 Å². The van der Waals surface area contributed by atoms with Gasteiger partial charge < -0.3 is 9.84 Å². The zero-order valence-electron chi connectivity index (χ0n) is 15.3. The zero-order valence-corrected chi connectivity index (χ0v) is 15.3. The van der Waals surface area contributed by atoms with Gasteiger partial charge in [-0.1, -0.05) is 24.3 Å². The van der Waals surface area contributed by atoms with E-state index in [9.17, 15) is 5.11 Å². The third-order valence-electron chi connectivity index (χ3n) is 4.44. The molecule has 0 amide bonds. The molecule has 1 aromatic heterocycles. The van der Waals surface area contributed by atoms with Gasteiger partial charge in [-0.25, -0.2) is 9.67 Å². The van der Waals surface area contributed by atoms with E-state index in [-0.39, 0.29) is 0 Å². The summed E-state index contributed by atoms with van der Waals surface area (Å²) in [6.07, 6.45) is 8.29. The number of hydrogen-bond donors (Lipinski definition) is 1. The molecule has 3 rings (SSSR count). The number of hydrogen-bond acceptors (Lipinski definition) is 4. The number of benzene rings is 1. The maximum Gasteiger partial charge on any atom is 0.155 e. The highest BCUT2D eigenvalue weighted by Crippen LogP contribution is 2.29. The summed E-state index contributed by atoms with van der Waals surface area (Å²) >= 11 is 0. The van der Waals surface area contributed by atoms with Crippen LogP contribution in [0.2, 0.25) is 0 Å². The van der Waals surface area contributed by atoms with Crippen LogP contribution in [0.3, 0.4) is 0 Å². The number of aromatic nitrogens is 3. The fourth-order valence-electron chi connectivity index (χ4n) is 3.22. The molecule has 0 bridgehead atoms. The van der Waals surface area contributed by atoms with Crippen molar-refractivity contribution in [2.75, 3.05) is 7.11 Å². The predicted octanol–water partition coefficient (Wildman–Crippen LogP) is 3.47. The molecule has 0 fully saturated rings. The largest absolute Gasteiger partial charge is 0.497 e. The maximum atomic E-state index is 10.2. The van der Waals surface area contributed by atoms with Crippen molar-refractivity contribution in [1.29, 1.82) is 0 Å². The van der Waals surface area contributed by atoms with E-state index in [1.807, 2.05) is 42.8 Å². The van der Waals surface area contributed by atoms with Crippen LogP contribution in [-0.4, -0.2) is 32.6 Å². The van der Waals surface area contributed by atoms with E-state index in [2.05, 4.69) is 12.2 Å². The summed E-state index contributed by atoms with van der Waals surface area (Å²) in [7, 11) is 1.67. The van der Waals surface area contributed by atoms with E-state index in [0.717, 1.165) is 42.2 Å². The first kappa shape index (κ1) is 17.7. The summed E-state index contributed by atoms with van der Waals surface area (Å²) in [5, 5.41) is 14.9. The molecule has 0 spiro atoms. The number of allylic oxidation sites excluding steroid dienone is 2. The minimum atomic E-state index is -0.815. The topological polar surface area (TPSA) is 60.2 Å². The number of methoxy groups -OCH3 is 1. The fourth-order valence-corrected chi connectivity index (χ4v) is 3.22. The third kappa shape index (κ3) is 4.69. The molecule has 5 heteroatoms. The lowest BCUT2D eigenvalue weighted by atomic mass is 9.93. The highest BCUT2D eigenvalue weighted by Gasteiger charge is 2.24. The fraction of sp³-hybridized carbons (Fsp3) is 0.500. The second kappa shape index (κ2) is 7.40. The molecular weight excluding hydrogens is 314 g/mol. The van der Waals surface area contributed by atoms with Crippen molar-refractivity contribution in [3.8, 4) is 5.75 Å². The highest BCUT2D eigenvalue weighted by molar-refractivity contribution is 5.28. The van der Waals surface area contributed by atoms with Crippen LogP contribution in [0.25, 0.3) is 0 Å². The van der Waals surface area contributed by atoms with E-state index in [0.29, 0.717) is 18.9 Å². The number of aliphatic hydroxyl groups is 1. The average molecular weight is 341 g/mol. The van der Waals surface area contributed by atoms with Gasteiger partial charge in [-0.2, -0.15) is 5.10 Å². The van der Waals surface area contributed by atoms with E-state index in [1.54, 1.807) is 7.11 Å². The Balaban J connectivity index is 1.84. The maximum absolute atomic E-state index is 10.2. The van der Waals surface area contributed by atoms with Crippen LogP contribution in [0.15, 0.2) is 36.4 Å². The first-order valence-electron chi connectivity index (χ1n) is 8.88. The standard InChI is InChI=1S/C20H27N3O2/c1-20(2,24)14-23-19(16-7-5-4-6-8-16)21-18(22-23)13-15-9-11-17(25-3)12-10-15/h4-5,9-12,16,24H,6-8,13-14H2,1-3H3/t16-/m1/s1. The normalized spacial score (nSPS) is 17.7. The summed E-state index contributed by atoms with van der Waals surface area (Å²) in [6, 6.07) is 7.99. The van der Waals surface area contributed by atoms with E-state index in [4.69, 9.17) is 14.8 Å². The van der Waals surface area contributed by atoms with Crippen LogP contribution >= 0.6 is 0 Å². The van der Waals surface area contributed by atoms with Crippen molar-refractivity contribution in [2.24, 2.45) is 0 Å². The molecule has 1 atom stereocenters. The lowest BCUT2D eigenvalue weighted by molar-refractivity contribution is 0.0561. The minimum absolute atomic E-state index is 0.379. The van der Waals surface area contributed by atoms with Gasteiger partial charge in [-0.15, -0.1) is 0 Å². The second-order valence-electron chi connectivity index (χ2n) is 7.36. The van der Waals surface area contributed by atoms with Crippen molar-refractivity contribution < 1.29 is 9.84 Å². The molecule has 1 heterocycles. The molecule has 0 aliphatic heterocycles. The van der Waals surface area contributed by atoms with E-state index in [1.165, 1.54) is 0 Å². The number of ether oxygens (including phenoxy) is 1. The molecular formula is C20H27N3O2. The van der Waals surface area contributed by atoms with Crippen LogP contribution < -0.4 is 4.74 Å². The monoisotopic (exact) mass is 341 g/mol. The Morgan fingerprint density at radius 3 is 2.60 bits per heavy atom. The van der Waals surface area contributed by atoms with Crippen LogP contribution in [-0.2, 0) is 13.0 Å². The van der Waals surface area contributed by atoms with Crippen LogP contribution in [0.1, 0.15) is 56.2 Å². The molecule has 1 aliphatic rings. The first-order valence-corrected chi connectivity index (χ1v) is 8.88. The molecule has 1 aromatic carbocycles. The van der Waals surface area contributed by atoms with Gasteiger partial charge in [0.1, 0.15) is 11.6 Å². The van der Waals surface area contributed by atoms with Crippen molar-refractivity contribution in [1.82, 2.24) is 14.8 Å². The van der Waals surface area contributed by atoms with E-state index < -0.39 is 5.60 Å². The summed E-state index contributed by atoms with van der Waals surface area (Å²) in [5.41, 5.74) is 0.334. The number of nitrogens with zero attached hydrogens (tertiary/aromatic N) is 3. The molecule has 0 saturated heterocycles. The molecule has 25 heavy (non-hydrogen) atoms. The SMILES string of the molecule is COc1ccc(Cc2nc([C@@H]3CC=CCC3)n(CC(C)(C)O)n2)cc1. The van der Waals surface area contributed by atoms with Gasteiger partial charge in [0, 0.05) is 12.3 Å². The lowest BCUT2D eigenvalue weighted by Gasteiger charge is -2.22. The predicted molar refractivity (Wildman–Crippen MR) is 97.9 cm³/mol. The Bertz CT molecular complexity index is 726. The smallest absolute Gasteiger partial charge is 0.155 e.